The second-order valence-electron chi connectivity index (χ2n) is 8.85. The first-order valence-electron chi connectivity index (χ1n) is 11.2. The van der Waals surface area contributed by atoms with Crippen molar-refractivity contribution in [2.75, 3.05) is 26.2 Å². The van der Waals surface area contributed by atoms with E-state index in [4.69, 9.17) is 4.52 Å². The van der Waals surface area contributed by atoms with Crippen molar-refractivity contribution in [2.24, 2.45) is 0 Å². The standard InChI is InChI=1S/C22H28N6O4S/c1-14-19(15(2)32-26-14)10-25-22(29)27-12-17(13-27)33(30,31)28-8-5-16(6-9-28)20-11-24-21-18(20)4-3-7-23-21/h3-4,7,11,16-17H,5-6,8-10,12-13H2,1-2H3,(H,23,24)(H,25,29). The molecule has 0 aliphatic carbocycles. The highest BCUT2D eigenvalue weighted by atomic mass is 32.2. The number of urea groups is 1. The van der Waals surface area contributed by atoms with Gasteiger partial charge in [-0.1, -0.05) is 5.16 Å². The molecule has 0 saturated carbocycles. The fourth-order valence-corrected chi connectivity index (χ4v) is 6.65. The number of nitrogens with zero attached hydrogens (tertiary/aromatic N) is 4. The van der Waals surface area contributed by atoms with E-state index in [9.17, 15) is 13.2 Å². The zero-order valence-electron chi connectivity index (χ0n) is 18.7. The Morgan fingerprint density at radius 1 is 1.27 bits per heavy atom. The van der Waals surface area contributed by atoms with E-state index in [0.29, 0.717) is 31.3 Å². The number of piperidine rings is 1. The summed E-state index contributed by atoms with van der Waals surface area (Å²) in [6.45, 7) is 5.34. The van der Waals surface area contributed by atoms with Gasteiger partial charge in [0, 0.05) is 56.1 Å². The zero-order chi connectivity index (χ0) is 23.2. The SMILES string of the molecule is Cc1noc(C)c1CNC(=O)N1CC(S(=O)(=O)N2CCC(c3c[nH]c4ncccc34)CC2)C1. The highest BCUT2D eigenvalue weighted by molar-refractivity contribution is 7.89. The molecule has 0 unspecified atom stereocenters. The summed E-state index contributed by atoms with van der Waals surface area (Å²) in [5.74, 6) is 0.978. The number of H-pyrrole nitrogens is 1. The van der Waals surface area contributed by atoms with Crippen LogP contribution in [0.2, 0.25) is 0 Å². The van der Waals surface area contributed by atoms with E-state index >= 15 is 0 Å². The van der Waals surface area contributed by atoms with E-state index in [-0.39, 0.29) is 19.1 Å². The van der Waals surface area contributed by atoms with Crippen molar-refractivity contribution in [3.63, 3.8) is 0 Å². The van der Waals surface area contributed by atoms with Crippen LogP contribution in [0, 0.1) is 13.8 Å². The highest BCUT2D eigenvalue weighted by Gasteiger charge is 2.43. The lowest BCUT2D eigenvalue weighted by Gasteiger charge is -2.42. The molecule has 3 aromatic heterocycles. The lowest BCUT2D eigenvalue weighted by atomic mass is 9.90. The number of rotatable bonds is 5. The first-order valence-corrected chi connectivity index (χ1v) is 12.7. The number of likely N-dealkylation sites (tertiary alicyclic amines) is 1. The second-order valence-corrected chi connectivity index (χ2v) is 11.1. The van der Waals surface area contributed by atoms with Crippen LogP contribution in [0.25, 0.3) is 11.0 Å². The normalized spacial score (nSPS) is 18.5. The minimum atomic E-state index is -3.43. The lowest BCUT2D eigenvalue weighted by Crippen LogP contribution is -2.62. The molecule has 0 spiro atoms. The highest BCUT2D eigenvalue weighted by Crippen LogP contribution is 2.34. The Morgan fingerprint density at radius 3 is 2.73 bits per heavy atom. The summed E-state index contributed by atoms with van der Waals surface area (Å²) < 4.78 is 32.9. The van der Waals surface area contributed by atoms with Crippen molar-refractivity contribution in [3.8, 4) is 0 Å². The largest absolute Gasteiger partial charge is 0.361 e. The van der Waals surface area contributed by atoms with Crippen LogP contribution in [0.5, 0.6) is 0 Å². The van der Waals surface area contributed by atoms with Crippen molar-refractivity contribution >= 4 is 27.1 Å². The van der Waals surface area contributed by atoms with E-state index in [1.807, 2.05) is 19.2 Å². The number of carbonyl (C=O) groups excluding carboxylic acids is 1. The van der Waals surface area contributed by atoms with Gasteiger partial charge in [0.05, 0.1) is 5.69 Å². The number of nitrogens with one attached hydrogen (secondary N) is 2. The maximum atomic E-state index is 13.1. The molecule has 2 saturated heterocycles. The van der Waals surface area contributed by atoms with E-state index in [2.05, 4.69) is 26.5 Å². The van der Waals surface area contributed by atoms with Gasteiger partial charge in [-0.25, -0.2) is 22.5 Å². The molecular weight excluding hydrogens is 444 g/mol. The third-order valence-corrected chi connectivity index (χ3v) is 9.12. The Labute approximate surface area is 192 Å². The van der Waals surface area contributed by atoms with Crippen LogP contribution in [0.3, 0.4) is 0 Å². The van der Waals surface area contributed by atoms with Gasteiger partial charge in [0.1, 0.15) is 16.7 Å². The quantitative estimate of drug-likeness (QED) is 0.587. The van der Waals surface area contributed by atoms with Crippen molar-refractivity contribution in [3.05, 3.63) is 47.1 Å². The number of aromatic amines is 1. The number of aryl methyl sites for hydroxylation is 2. The summed E-state index contributed by atoms with van der Waals surface area (Å²) in [5, 5.41) is 7.26. The number of amides is 2. The number of aromatic nitrogens is 3. The summed E-state index contributed by atoms with van der Waals surface area (Å²) in [5.41, 5.74) is 3.66. The smallest absolute Gasteiger partial charge is 0.317 e. The molecule has 11 heteroatoms. The zero-order valence-corrected chi connectivity index (χ0v) is 19.6. The lowest BCUT2D eigenvalue weighted by molar-refractivity contribution is 0.166. The Morgan fingerprint density at radius 2 is 2.03 bits per heavy atom. The maximum absolute atomic E-state index is 13.1. The molecule has 0 radical (unpaired) electrons. The van der Waals surface area contributed by atoms with Crippen molar-refractivity contribution in [1.29, 1.82) is 0 Å². The summed E-state index contributed by atoms with van der Waals surface area (Å²) in [6.07, 6.45) is 5.30. The molecule has 0 aromatic carbocycles. The molecule has 2 aliphatic heterocycles. The predicted molar refractivity (Wildman–Crippen MR) is 122 cm³/mol. The van der Waals surface area contributed by atoms with Crippen molar-refractivity contribution in [2.45, 2.75) is 44.4 Å². The fraction of sp³-hybridized carbons (Fsp3) is 0.500. The summed E-state index contributed by atoms with van der Waals surface area (Å²) >= 11 is 0. The topological polar surface area (TPSA) is 124 Å². The van der Waals surface area contributed by atoms with Crippen LogP contribution in [-0.4, -0.2) is 70.2 Å². The van der Waals surface area contributed by atoms with Crippen molar-refractivity contribution in [1.82, 2.24) is 29.6 Å². The molecule has 176 valence electrons. The number of hydrogen-bond acceptors (Lipinski definition) is 6. The molecule has 3 aromatic rings. The molecule has 0 bridgehead atoms. The van der Waals surface area contributed by atoms with E-state index < -0.39 is 15.3 Å². The first kappa shape index (κ1) is 21.9. The molecule has 2 fully saturated rings. The Kier molecular flexibility index (Phi) is 5.61. The third kappa shape index (κ3) is 3.99. The van der Waals surface area contributed by atoms with Gasteiger partial charge in [-0.3, -0.25) is 0 Å². The molecule has 2 aliphatic rings. The minimum absolute atomic E-state index is 0.212. The number of sulfonamides is 1. The average molecular weight is 473 g/mol. The van der Waals surface area contributed by atoms with Crippen LogP contribution < -0.4 is 5.32 Å². The maximum Gasteiger partial charge on any atom is 0.317 e. The molecular formula is C22H28N6O4S. The predicted octanol–water partition coefficient (Wildman–Crippen LogP) is 2.27. The van der Waals surface area contributed by atoms with Gasteiger partial charge in [-0.2, -0.15) is 0 Å². The second kappa shape index (κ2) is 8.45. The summed E-state index contributed by atoms with van der Waals surface area (Å²) in [4.78, 5) is 21.5. The van der Waals surface area contributed by atoms with Crippen LogP contribution >= 0.6 is 0 Å². The van der Waals surface area contributed by atoms with Gasteiger partial charge >= 0.3 is 6.03 Å². The average Bonchev–Trinajstić information content (AvgIpc) is 3.34. The van der Waals surface area contributed by atoms with Crippen molar-refractivity contribution < 1.29 is 17.7 Å². The summed E-state index contributed by atoms with van der Waals surface area (Å²) in [6, 6.07) is 3.71. The van der Waals surface area contributed by atoms with Crippen LogP contribution in [0.15, 0.2) is 29.0 Å². The molecule has 5 rings (SSSR count). The Bertz CT molecular complexity index is 1250. The Balaban J connectivity index is 1.13. The molecule has 2 N–H and O–H groups in total. The molecule has 33 heavy (non-hydrogen) atoms. The Hall–Kier alpha value is -2.92. The third-order valence-electron chi connectivity index (χ3n) is 6.89. The van der Waals surface area contributed by atoms with Gasteiger partial charge < -0.3 is 19.7 Å². The number of pyridine rings is 1. The number of carbonyl (C=O) groups is 1. The van der Waals surface area contributed by atoms with Crippen LogP contribution in [-0.2, 0) is 16.6 Å². The van der Waals surface area contributed by atoms with Gasteiger partial charge in [0.15, 0.2) is 0 Å². The van der Waals surface area contributed by atoms with E-state index in [1.165, 1.54) is 10.5 Å². The van der Waals surface area contributed by atoms with E-state index in [1.54, 1.807) is 17.4 Å². The minimum Gasteiger partial charge on any atom is -0.361 e. The van der Waals surface area contributed by atoms with E-state index in [0.717, 1.165) is 35.1 Å². The summed E-state index contributed by atoms with van der Waals surface area (Å²) in [7, 11) is -3.43. The monoisotopic (exact) mass is 472 g/mol. The van der Waals surface area contributed by atoms with Crippen LogP contribution in [0.4, 0.5) is 4.79 Å². The number of fused-ring (bicyclic) bond motifs is 1. The van der Waals surface area contributed by atoms with Gasteiger partial charge in [0.2, 0.25) is 10.0 Å². The van der Waals surface area contributed by atoms with Gasteiger partial charge in [-0.15, -0.1) is 0 Å². The molecule has 10 nitrogen and oxygen atoms in total. The number of hydrogen-bond donors (Lipinski definition) is 2. The van der Waals surface area contributed by atoms with Crippen LogP contribution in [0.1, 0.15) is 41.3 Å². The van der Waals surface area contributed by atoms with Gasteiger partial charge in [-0.05, 0) is 50.3 Å². The molecule has 0 atom stereocenters. The van der Waals surface area contributed by atoms with Gasteiger partial charge in [0.25, 0.3) is 0 Å². The fourth-order valence-electron chi connectivity index (χ4n) is 4.77. The first-order chi connectivity index (χ1) is 15.8. The molecule has 5 heterocycles. The molecule has 2 amide bonds.